The molecule has 2 aromatic heterocycles. The van der Waals surface area contributed by atoms with Gasteiger partial charge in [-0.2, -0.15) is 9.47 Å². The molecule has 0 atom stereocenters. The number of aromatic amines is 1. The van der Waals surface area contributed by atoms with Crippen LogP contribution in [0.15, 0.2) is 11.1 Å². The summed E-state index contributed by atoms with van der Waals surface area (Å²) >= 11 is 1.16. The number of nitrogens with one attached hydrogen (secondary N) is 2. The first-order chi connectivity index (χ1) is 8.72. The molecule has 0 aliphatic heterocycles. The Morgan fingerprint density at radius 2 is 2.44 bits per heavy atom. The van der Waals surface area contributed by atoms with E-state index in [0.717, 1.165) is 30.2 Å². The Morgan fingerprint density at radius 1 is 1.61 bits per heavy atom. The summed E-state index contributed by atoms with van der Waals surface area (Å²) in [7, 11) is 0. The standard InChI is InChI=1S/C9H10N6O2S/c16-6(3-15-4-10-13-9(15)17)11-8-12-7(14-18-8)5-1-2-5/h4-5H,1-3H2,(H,13,17)(H,11,12,14,16). The molecule has 2 aromatic rings. The number of nitrogens with zero attached hydrogens (tertiary/aromatic N) is 4. The van der Waals surface area contributed by atoms with E-state index in [1.54, 1.807) is 0 Å². The molecule has 8 nitrogen and oxygen atoms in total. The number of H-pyrrole nitrogens is 1. The van der Waals surface area contributed by atoms with Crippen molar-refractivity contribution in [2.24, 2.45) is 0 Å². The van der Waals surface area contributed by atoms with Crippen LogP contribution in [0, 0.1) is 0 Å². The number of hydrogen-bond acceptors (Lipinski definition) is 6. The third kappa shape index (κ3) is 2.30. The second-order valence-electron chi connectivity index (χ2n) is 4.07. The van der Waals surface area contributed by atoms with Gasteiger partial charge in [0.2, 0.25) is 11.0 Å². The van der Waals surface area contributed by atoms with Crippen LogP contribution in [-0.4, -0.2) is 30.0 Å². The summed E-state index contributed by atoms with van der Waals surface area (Å²) in [6, 6.07) is 0. The maximum Gasteiger partial charge on any atom is 0.343 e. The molecular formula is C9H10N6O2S. The van der Waals surface area contributed by atoms with Gasteiger partial charge >= 0.3 is 5.69 Å². The first kappa shape index (κ1) is 11.1. The van der Waals surface area contributed by atoms with Crippen molar-refractivity contribution in [3.05, 3.63) is 22.6 Å². The number of carbonyl (C=O) groups excluding carboxylic acids is 1. The molecule has 0 unspecified atom stereocenters. The summed E-state index contributed by atoms with van der Waals surface area (Å²) in [5, 5.41) is 8.84. The molecule has 0 bridgehead atoms. The molecule has 3 rings (SSSR count). The van der Waals surface area contributed by atoms with E-state index in [9.17, 15) is 9.59 Å². The van der Waals surface area contributed by atoms with Gasteiger partial charge in [-0.25, -0.2) is 14.9 Å². The van der Waals surface area contributed by atoms with Crippen molar-refractivity contribution in [3.63, 3.8) is 0 Å². The molecule has 1 amide bonds. The largest absolute Gasteiger partial charge is 0.343 e. The fourth-order valence-corrected chi connectivity index (χ4v) is 2.15. The molecule has 0 saturated heterocycles. The molecule has 9 heteroatoms. The van der Waals surface area contributed by atoms with E-state index in [-0.39, 0.29) is 12.5 Å². The second kappa shape index (κ2) is 4.33. The summed E-state index contributed by atoms with van der Waals surface area (Å²) < 4.78 is 5.35. The Hall–Kier alpha value is -2.03. The Morgan fingerprint density at radius 3 is 3.11 bits per heavy atom. The highest BCUT2D eigenvalue weighted by Gasteiger charge is 2.28. The van der Waals surface area contributed by atoms with Crippen LogP contribution in [0.25, 0.3) is 0 Å². The maximum atomic E-state index is 11.7. The SMILES string of the molecule is O=C(Cn1cn[nH]c1=O)Nc1nc(C2CC2)ns1. The Bertz CT molecular complexity index is 625. The number of hydrogen-bond donors (Lipinski definition) is 2. The van der Waals surface area contributed by atoms with Crippen LogP contribution in [0.3, 0.4) is 0 Å². The third-order valence-corrected chi connectivity index (χ3v) is 3.21. The van der Waals surface area contributed by atoms with E-state index >= 15 is 0 Å². The minimum atomic E-state index is -0.416. The van der Waals surface area contributed by atoms with Gasteiger partial charge < -0.3 is 0 Å². The second-order valence-corrected chi connectivity index (χ2v) is 4.82. The predicted molar refractivity (Wildman–Crippen MR) is 63.4 cm³/mol. The molecule has 0 radical (unpaired) electrons. The maximum absolute atomic E-state index is 11.7. The predicted octanol–water partition coefficient (Wildman–Crippen LogP) is -0.0610. The molecule has 0 aromatic carbocycles. The van der Waals surface area contributed by atoms with E-state index in [1.165, 1.54) is 10.9 Å². The van der Waals surface area contributed by atoms with Crippen LogP contribution in [0.5, 0.6) is 0 Å². The first-order valence-corrected chi connectivity index (χ1v) is 6.23. The zero-order chi connectivity index (χ0) is 12.5. The monoisotopic (exact) mass is 266 g/mol. The Labute approximate surface area is 105 Å². The minimum absolute atomic E-state index is 0.0896. The van der Waals surface area contributed by atoms with Gasteiger partial charge in [-0.1, -0.05) is 0 Å². The van der Waals surface area contributed by atoms with Crippen LogP contribution in [0.1, 0.15) is 24.6 Å². The zero-order valence-corrected chi connectivity index (χ0v) is 10.1. The first-order valence-electron chi connectivity index (χ1n) is 5.45. The highest BCUT2D eigenvalue weighted by Crippen LogP contribution is 2.39. The molecule has 1 fully saturated rings. The smallest absolute Gasteiger partial charge is 0.299 e. The molecule has 0 spiro atoms. The van der Waals surface area contributed by atoms with Gasteiger partial charge in [0, 0.05) is 17.5 Å². The minimum Gasteiger partial charge on any atom is -0.299 e. The molecule has 18 heavy (non-hydrogen) atoms. The average Bonchev–Trinajstić information content (AvgIpc) is 2.97. The molecule has 2 heterocycles. The quantitative estimate of drug-likeness (QED) is 0.806. The van der Waals surface area contributed by atoms with Crippen LogP contribution in [0.2, 0.25) is 0 Å². The van der Waals surface area contributed by atoms with Crippen LogP contribution >= 0.6 is 11.5 Å². The van der Waals surface area contributed by atoms with Crippen molar-refractivity contribution in [1.82, 2.24) is 24.1 Å². The number of amides is 1. The third-order valence-electron chi connectivity index (χ3n) is 2.56. The van der Waals surface area contributed by atoms with Crippen molar-refractivity contribution >= 4 is 22.6 Å². The van der Waals surface area contributed by atoms with Gasteiger partial charge in [0.1, 0.15) is 18.7 Å². The molecule has 2 N–H and O–H groups in total. The summed E-state index contributed by atoms with van der Waals surface area (Å²) in [6.07, 6.45) is 3.51. The van der Waals surface area contributed by atoms with Gasteiger partial charge in [0.05, 0.1) is 0 Å². The number of carbonyl (C=O) groups is 1. The zero-order valence-electron chi connectivity index (χ0n) is 9.29. The lowest BCUT2D eigenvalue weighted by Gasteiger charge is -1.99. The van der Waals surface area contributed by atoms with E-state index in [0.29, 0.717) is 11.0 Å². The number of rotatable bonds is 4. The summed E-state index contributed by atoms with van der Waals surface area (Å²) in [4.78, 5) is 27.0. The average molecular weight is 266 g/mol. The van der Waals surface area contributed by atoms with Crippen molar-refractivity contribution in [2.45, 2.75) is 25.3 Å². The van der Waals surface area contributed by atoms with Gasteiger partial charge in [-0.05, 0) is 12.8 Å². The van der Waals surface area contributed by atoms with Gasteiger partial charge in [0.15, 0.2) is 0 Å². The molecule has 94 valence electrons. The van der Waals surface area contributed by atoms with E-state index < -0.39 is 5.69 Å². The summed E-state index contributed by atoms with van der Waals surface area (Å²) in [5.74, 6) is 0.941. The van der Waals surface area contributed by atoms with Gasteiger partial charge in [-0.15, -0.1) is 0 Å². The van der Waals surface area contributed by atoms with Gasteiger partial charge in [0.25, 0.3) is 0 Å². The Kier molecular flexibility index (Phi) is 2.67. The van der Waals surface area contributed by atoms with E-state index in [4.69, 9.17) is 0 Å². The van der Waals surface area contributed by atoms with Gasteiger partial charge in [-0.3, -0.25) is 14.7 Å². The van der Waals surface area contributed by atoms with Crippen LogP contribution < -0.4 is 11.0 Å². The highest BCUT2D eigenvalue weighted by atomic mass is 32.1. The number of aromatic nitrogens is 5. The molecule has 1 aliphatic rings. The van der Waals surface area contributed by atoms with E-state index in [1.807, 2.05) is 0 Å². The van der Waals surface area contributed by atoms with Crippen molar-refractivity contribution < 1.29 is 4.79 Å². The van der Waals surface area contributed by atoms with Crippen molar-refractivity contribution in [2.75, 3.05) is 5.32 Å². The lowest BCUT2D eigenvalue weighted by atomic mass is 10.4. The summed E-state index contributed by atoms with van der Waals surface area (Å²) in [5.41, 5.74) is -0.416. The lowest BCUT2D eigenvalue weighted by molar-refractivity contribution is -0.116. The number of anilines is 1. The van der Waals surface area contributed by atoms with Crippen molar-refractivity contribution in [3.8, 4) is 0 Å². The van der Waals surface area contributed by atoms with E-state index in [2.05, 4.69) is 24.9 Å². The van der Waals surface area contributed by atoms with Crippen LogP contribution in [-0.2, 0) is 11.3 Å². The topological polar surface area (TPSA) is 106 Å². The highest BCUT2D eigenvalue weighted by molar-refractivity contribution is 7.09. The summed E-state index contributed by atoms with van der Waals surface area (Å²) in [6.45, 7) is -0.0896. The fraction of sp³-hybridized carbons (Fsp3) is 0.444. The fourth-order valence-electron chi connectivity index (χ4n) is 1.49. The Balaban J connectivity index is 1.63. The normalized spacial score (nSPS) is 14.7. The molecule has 1 saturated carbocycles. The molecular weight excluding hydrogens is 256 g/mol. The molecule has 1 aliphatic carbocycles. The van der Waals surface area contributed by atoms with Crippen LogP contribution in [0.4, 0.5) is 5.13 Å². The van der Waals surface area contributed by atoms with Crippen molar-refractivity contribution in [1.29, 1.82) is 0 Å². The lowest BCUT2D eigenvalue weighted by Crippen LogP contribution is -2.25.